The number of nitrogens with two attached hydrogens (primary N) is 1. The first-order valence-electron chi connectivity index (χ1n) is 7.91. The molecule has 1 atom stereocenters. The van der Waals surface area contributed by atoms with Crippen LogP contribution < -0.4 is 5.73 Å². The number of benzene rings is 2. The average molecular weight is 280 g/mol. The highest BCUT2D eigenvalue weighted by molar-refractivity contribution is 5.27. The molecule has 1 aliphatic rings. The van der Waals surface area contributed by atoms with Crippen molar-refractivity contribution in [2.24, 2.45) is 5.73 Å². The molecule has 0 aromatic heterocycles. The highest BCUT2D eigenvalue weighted by Gasteiger charge is 2.23. The van der Waals surface area contributed by atoms with Crippen LogP contribution in [0.1, 0.15) is 29.0 Å². The monoisotopic (exact) mass is 280 g/mol. The van der Waals surface area contributed by atoms with Gasteiger partial charge < -0.3 is 10.6 Å². The molecule has 2 aromatic rings. The topological polar surface area (TPSA) is 29.3 Å². The van der Waals surface area contributed by atoms with Gasteiger partial charge in [0, 0.05) is 19.6 Å². The number of hydrogen-bond donors (Lipinski definition) is 1. The zero-order valence-electron chi connectivity index (χ0n) is 12.5. The summed E-state index contributed by atoms with van der Waals surface area (Å²) in [5.41, 5.74) is 10.0. The maximum absolute atomic E-state index is 5.82. The maximum Gasteiger partial charge on any atom is 0.0180 e. The third-order valence-electron chi connectivity index (χ3n) is 4.58. The molecule has 0 spiro atoms. The second-order valence-corrected chi connectivity index (χ2v) is 5.92. The minimum atomic E-state index is 0.642. The van der Waals surface area contributed by atoms with Gasteiger partial charge in [0.25, 0.3) is 0 Å². The molecule has 3 rings (SSSR count). The van der Waals surface area contributed by atoms with Gasteiger partial charge in [0.05, 0.1) is 0 Å². The van der Waals surface area contributed by atoms with Crippen LogP contribution in [0.25, 0.3) is 0 Å². The van der Waals surface area contributed by atoms with E-state index in [-0.39, 0.29) is 0 Å². The summed E-state index contributed by atoms with van der Waals surface area (Å²) >= 11 is 0. The van der Waals surface area contributed by atoms with E-state index >= 15 is 0 Å². The minimum absolute atomic E-state index is 0.642. The SMILES string of the molecule is NCc1ccccc1CCN1CCC(c2ccccc2)C1. The van der Waals surface area contributed by atoms with Gasteiger partial charge in [0.2, 0.25) is 0 Å². The van der Waals surface area contributed by atoms with Crippen LogP contribution in [-0.2, 0) is 13.0 Å². The van der Waals surface area contributed by atoms with Crippen molar-refractivity contribution in [2.75, 3.05) is 19.6 Å². The van der Waals surface area contributed by atoms with E-state index in [0.29, 0.717) is 12.5 Å². The Morgan fingerprint density at radius 3 is 2.43 bits per heavy atom. The zero-order valence-corrected chi connectivity index (χ0v) is 12.5. The standard InChI is InChI=1S/C19H24N2/c20-14-18-9-5-4-8-17(18)10-12-21-13-11-19(15-21)16-6-2-1-3-7-16/h1-9,19H,10-15,20H2. The van der Waals surface area contributed by atoms with Crippen LogP contribution in [0.15, 0.2) is 54.6 Å². The highest BCUT2D eigenvalue weighted by Crippen LogP contribution is 2.27. The van der Waals surface area contributed by atoms with Crippen molar-refractivity contribution in [3.8, 4) is 0 Å². The number of nitrogens with zero attached hydrogens (tertiary/aromatic N) is 1. The van der Waals surface area contributed by atoms with E-state index in [4.69, 9.17) is 5.73 Å². The number of rotatable bonds is 5. The molecule has 21 heavy (non-hydrogen) atoms. The van der Waals surface area contributed by atoms with Crippen molar-refractivity contribution in [3.63, 3.8) is 0 Å². The largest absolute Gasteiger partial charge is 0.326 e. The summed E-state index contributed by atoms with van der Waals surface area (Å²) in [5, 5.41) is 0. The van der Waals surface area contributed by atoms with Crippen molar-refractivity contribution in [3.05, 3.63) is 71.3 Å². The van der Waals surface area contributed by atoms with Crippen LogP contribution in [0.5, 0.6) is 0 Å². The molecule has 2 N–H and O–H groups in total. The Morgan fingerprint density at radius 1 is 0.952 bits per heavy atom. The van der Waals surface area contributed by atoms with Gasteiger partial charge >= 0.3 is 0 Å². The first kappa shape index (κ1) is 14.3. The molecule has 1 aliphatic heterocycles. The third kappa shape index (κ3) is 3.52. The molecule has 1 fully saturated rings. The fourth-order valence-corrected chi connectivity index (χ4v) is 3.31. The van der Waals surface area contributed by atoms with E-state index in [1.807, 2.05) is 0 Å². The lowest BCUT2D eigenvalue weighted by Crippen LogP contribution is -2.23. The Balaban J connectivity index is 1.56. The quantitative estimate of drug-likeness (QED) is 0.911. The van der Waals surface area contributed by atoms with E-state index in [1.54, 1.807) is 0 Å². The van der Waals surface area contributed by atoms with Crippen LogP contribution >= 0.6 is 0 Å². The van der Waals surface area contributed by atoms with Gasteiger partial charge in [-0.3, -0.25) is 0 Å². The van der Waals surface area contributed by atoms with Gasteiger partial charge in [-0.2, -0.15) is 0 Å². The Kier molecular flexibility index (Phi) is 4.69. The van der Waals surface area contributed by atoms with Crippen LogP contribution in [0.3, 0.4) is 0 Å². The predicted molar refractivity (Wildman–Crippen MR) is 88.3 cm³/mol. The van der Waals surface area contributed by atoms with Crippen molar-refractivity contribution < 1.29 is 0 Å². The van der Waals surface area contributed by atoms with Crippen molar-refractivity contribution in [1.82, 2.24) is 4.90 Å². The summed E-state index contributed by atoms with van der Waals surface area (Å²) in [7, 11) is 0. The summed E-state index contributed by atoms with van der Waals surface area (Å²) in [4.78, 5) is 2.59. The van der Waals surface area contributed by atoms with Gasteiger partial charge in [-0.25, -0.2) is 0 Å². The molecule has 0 radical (unpaired) electrons. The van der Waals surface area contributed by atoms with Gasteiger partial charge in [-0.05, 0) is 42.0 Å². The zero-order chi connectivity index (χ0) is 14.5. The van der Waals surface area contributed by atoms with Gasteiger partial charge in [0.1, 0.15) is 0 Å². The van der Waals surface area contributed by atoms with Crippen LogP contribution in [0, 0.1) is 0 Å². The van der Waals surface area contributed by atoms with Crippen molar-refractivity contribution in [1.29, 1.82) is 0 Å². The summed E-state index contributed by atoms with van der Waals surface area (Å²) < 4.78 is 0. The van der Waals surface area contributed by atoms with Crippen molar-refractivity contribution >= 4 is 0 Å². The number of likely N-dealkylation sites (tertiary alicyclic amines) is 1. The third-order valence-corrected chi connectivity index (χ3v) is 4.58. The van der Waals surface area contributed by atoms with Gasteiger partial charge in [-0.1, -0.05) is 54.6 Å². The fourth-order valence-electron chi connectivity index (χ4n) is 3.31. The Hall–Kier alpha value is -1.64. The molecule has 0 amide bonds. The van der Waals surface area contributed by atoms with E-state index in [2.05, 4.69) is 59.5 Å². The molecule has 1 unspecified atom stereocenters. The summed E-state index contributed by atoms with van der Waals surface area (Å²) in [6, 6.07) is 19.5. The fraction of sp³-hybridized carbons (Fsp3) is 0.368. The number of hydrogen-bond acceptors (Lipinski definition) is 2. The normalized spacial score (nSPS) is 19.0. The summed E-state index contributed by atoms with van der Waals surface area (Å²) in [6.45, 7) is 4.18. The first-order valence-corrected chi connectivity index (χ1v) is 7.91. The highest BCUT2D eigenvalue weighted by atomic mass is 15.1. The Morgan fingerprint density at radius 2 is 1.67 bits per heavy atom. The molecule has 0 saturated carbocycles. The smallest absolute Gasteiger partial charge is 0.0180 e. The van der Waals surface area contributed by atoms with Gasteiger partial charge in [-0.15, -0.1) is 0 Å². The second kappa shape index (κ2) is 6.88. The molecule has 0 bridgehead atoms. The molecule has 2 nitrogen and oxygen atoms in total. The Bertz CT molecular complexity index is 565. The molecule has 1 heterocycles. The van der Waals surface area contributed by atoms with Gasteiger partial charge in [0.15, 0.2) is 0 Å². The second-order valence-electron chi connectivity index (χ2n) is 5.92. The summed E-state index contributed by atoms with van der Waals surface area (Å²) in [6.07, 6.45) is 2.39. The summed E-state index contributed by atoms with van der Waals surface area (Å²) in [5.74, 6) is 0.705. The van der Waals surface area contributed by atoms with E-state index < -0.39 is 0 Å². The first-order chi connectivity index (χ1) is 10.4. The molecular weight excluding hydrogens is 256 g/mol. The minimum Gasteiger partial charge on any atom is -0.326 e. The maximum atomic E-state index is 5.82. The lowest BCUT2D eigenvalue weighted by Gasteiger charge is -2.17. The average Bonchev–Trinajstić information content (AvgIpc) is 3.03. The molecule has 2 heteroatoms. The van der Waals surface area contributed by atoms with Crippen LogP contribution in [0.2, 0.25) is 0 Å². The molecule has 1 saturated heterocycles. The lowest BCUT2D eigenvalue weighted by molar-refractivity contribution is 0.338. The molecule has 2 aromatic carbocycles. The van der Waals surface area contributed by atoms with E-state index in [0.717, 1.165) is 13.0 Å². The Labute approximate surface area is 127 Å². The predicted octanol–water partition coefficient (Wildman–Crippen LogP) is 3.18. The van der Waals surface area contributed by atoms with Crippen molar-refractivity contribution in [2.45, 2.75) is 25.3 Å². The van der Waals surface area contributed by atoms with Crippen LogP contribution in [0.4, 0.5) is 0 Å². The van der Waals surface area contributed by atoms with E-state index in [9.17, 15) is 0 Å². The molecule has 110 valence electrons. The molecule has 0 aliphatic carbocycles. The van der Waals surface area contributed by atoms with E-state index in [1.165, 1.54) is 36.2 Å². The van der Waals surface area contributed by atoms with Crippen LogP contribution in [-0.4, -0.2) is 24.5 Å². The molecular formula is C19H24N2. The lowest BCUT2D eigenvalue weighted by atomic mass is 9.99.